The molecule has 1 saturated carbocycles. The van der Waals surface area contributed by atoms with Gasteiger partial charge in [0.25, 0.3) is 5.91 Å². The van der Waals surface area contributed by atoms with Crippen LogP contribution in [0.15, 0.2) is 0 Å². The average Bonchev–Trinajstić information content (AvgIpc) is 3.25. The number of aromatic amines is 1. The van der Waals surface area contributed by atoms with Crippen molar-refractivity contribution in [1.82, 2.24) is 25.5 Å². The molecule has 5 rings (SSSR count). The minimum atomic E-state index is -1.12. The third-order valence-electron chi connectivity index (χ3n) is 7.81. The summed E-state index contributed by atoms with van der Waals surface area (Å²) in [7, 11) is 0. The van der Waals surface area contributed by atoms with Gasteiger partial charge in [-0.05, 0) is 40.5 Å². The molecule has 0 radical (unpaired) electrons. The molecule has 2 aromatic heterocycles. The van der Waals surface area contributed by atoms with E-state index in [2.05, 4.69) is 20.6 Å². The van der Waals surface area contributed by atoms with Crippen molar-refractivity contribution in [3.8, 4) is 0 Å². The number of hydrogen-bond donors (Lipinski definition) is 4. The van der Waals surface area contributed by atoms with Crippen LogP contribution in [0.3, 0.4) is 0 Å². The Morgan fingerprint density at radius 1 is 1.10 bits per heavy atom. The fourth-order valence-corrected chi connectivity index (χ4v) is 6.97. The smallest absolute Gasteiger partial charge is 0.407 e. The van der Waals surface area contributed by atoms with Gasteiger partial charge in [-0.25, -0.2) is 14.6 Å². The number of carboxylic acid groups (broad SMARTS) is 1. The van der Waals surface area contributed by atoms with E-state index in [1.54, 1.807) is 32.6 Å². The van der Waals surface area contributed by atoms with E-state index in [0.29, 0.717) is 54.9 Å². The van der Waals surface area contributed by atoms with Gasteiger partial charge in [0.15, 0.2) is 5.13 Å². The average molecular weight is 642 g/mol. The highest BCUT2D eigenvalue weighted by atomic mass is 35.5. The molecule has 42 heavy (non-hydrogen) atoms. The van der Waals surface area contributed by atoms with Crippen LogP contribution < -0.4 is 15.5 Å². The topological polar surface area (TPSA) is 157 Å². The summed E-state index contributed by atoms with van der Waals surface area (Å²) < 4.78 is 5.31. The highest BCUT2D eigenvalue weighted by molar-refractivity contribution is 7.17. The number of aromatic carboxylic acids is 1. The van der Waals surface area contributed by atoms with Crippen LogP contribution in [-0.4, -0.2) is 87.7 Å². The number of piperidine rings is 2. The number of fused-ring (bicyclic) bond motifs is 1. The number of nitrogens with one attached hydrogen (secondary N) is 3. The molecule has 1 unspecified atom stereocenters. The van der Waals surface area contributed by atoms with E-state index in [-0.39, 0.29) is 63.4 Å². The number of amides is 3. The maximum Gasteiger partial charge on any atom is 0.407 e. The number of likely N-dealkylation sites (tertiary alicyclic amines) is 1. The van der Waals surface area contributed by atoms with Crippen molar-refractivity contribution in [2.75, 3.05) is 31.1 Å². The molecule has 3 atom stereocenters. The number of aryl methyl sites for hydroxylation is 1. The number of alkyl carbamates (subject to hydrolysis) is 1. The summed E-state index contributed by atoms with van der Waals surface area (Å²) >= 11 is 13.3. The lowest BCUT2D eigenvalue weighted by molar-refractivity contribution is -0.131. The second-order valence-corrected chi connectivity index (χ2v) is 13.8. The van der Waals surface area contributed by atoms with Crippen LogP contribution in [0.1, 0.15) is 65.2 Å². The Balaban J connectivity index is 1.13. The molecule has 15 heteroatoms. The van der Waals surface area contributed by atoms with Crippen LogP contribution in [0.5, 0.6) is 0 Å². The molecule has 4 heterocycles. The summed E-state index contributed by atoms with van der Waals surface area (Å²) in [6, 6.07) is -0.110. The van der Waals surface area contributed by atoms with E-state index < -0.39 is 17.7 Å². The number of nitrogens with zero attached hydrogens (tertiary/aromatic N) is 3. The first kappa shape index (κ1) is 30.4. The van der Waals surface area contributed by atoms with Crippen molar-refractivity contribution in [3.63, 3.8) is 0 Å². The molecule has 0 aromatic carbocycles. The number of anilines is 1. The first-order valence-corrected chi connectivity index (χ1v) is 15.4. The molecule has 228 valence electrons. The quantitative estimate of drug-likeness (QED) is 0.357. The molecule has 3 amide bonds. The van der Waals surface area contributed by atoms with Gasteiger partial charge in [-0.15, -0.1) is 0 Å². The van der Waals surface area contributed by atoms with Crippen LogP contribution in [0.2, 0.25) is 10.0 Å². The number of hydrogen-bond acceptors (Lipinski definition) is 8. The van der Waals surface area contributed by atoms with Crippen LogP contribution in [0, 0.1) is 18.8 Å². The van der Waals surface area contributed by atoms with Crippen LogP contribution in [-0.2, 0) is 16.0 Å². The summed E-state index contributed by atoms with van der Waals surface area (Å²) in [5, 5.41) is 16.8. The second kappa shape index (κ2) is 11.6. The fraction of sp³-hybridized carbons (Fsp3) is 0.593. The third-order valence-corrected chi connectivity index (χ3v) is 9.90. The van der Waals surface area contributed by atoms with Crippen molar-refractivity contribution in [1.29, 1.82) is 0 Å². The van der Waals surface area contributed by atoms with Crippen molar-refractivity contribution in [3.05, 3.63) is 32.0 Å². The molecule has 3 aliphatic rings. The summed E-state index contributed by atoms with van der Waals surface area (Å²) in [5.74, 6) is -1.22. The van der Waals surface area contributed by atoms with Crippen molar-refractivity contribution >= 4 is 63.5 Å². The third kappa shape index (κ3) is 6.47. The highest BCUT2D eigenvalue weighted by Crippen LogP contribution is 2.48. The summed E-state index contributed by atoms with van der Waals surface area (Å²) in [5.41, 5.74) is 0.528. The van der Waals surface area contributed by atoms with Crippen LogP contribution in [0.4, 0.5) is 9.93 Å². The van der Waals surface area contributed by atoms with Gasteiger partial charge in [0.2, 0.25) is 5.91 Å². The predicted molar refractivity (Wildman–Crippen MR) is 158 cm³/mol. The van der Waals surface area contributed by atoms with Gasteiger partial charge in [0.1, 0.15) is 16.2 Å². The normalized spacial score (nSPS) is 22.1. The van der Waals surface area contributed by atoms with Gasteiger partial charge in [-0.1, -0.05) is 34.5 Å². The monoisotopic (exact) mass is 640 g/mol. The lowest BCUT2D eigenvalue weighted by Gasteiger charge is -2.32. The number of carboxylic acids is 1. The lowest BCUT2D eigenvalue weighted by atomic mass is 10.0. The standard InChI is InChI=1S/C27H34Cl2N6O6S/c1-12-18(28)19(29)21(30-12)23(37)33-20-14-10-35(11-15(14)20)25-32-16(22(42-25)24(38)39)9-17(36)34-7-5-13(6-8-34)31-26(40)41-27(2,3)4/h13-15,20,30H,5-11H2,1-4H3,(H,31,40)(H,33,37)(H,38,39)/t14-,15+,20?. The molecular weight excluding hydrogens is 607 g/mol. The van der Waals surface area contributed by atoms with Crippen LogP contribution >= 0.6 is 34.5 Å². The molecule has 1 aliphatic carbocycles. The zero-order valence-electron chi connectivity index (χ0n) is 23.8. The first-order chi connectivity index (χ1) is 19.7. The van der Waals surface area contributed by atoms with Gasteiger partial charge >= 0.3 is 12.1 Å². The molecule has 0 bridgehead atoms. The zero-order chi connectivity index (χ0) is 30.5. The van der Waals surface area contributed by atoms with Crippen molar-refractivity contribution in [2.45, 2.75) is 64.6 Å². The molecule has 2 saturated heterocycles. The van der Waals surface area contributed by atoms with Gasteiger partial charge in [0, 0.05) is 55.8 Å². The van der Waals surface area contributed by atoms with E-state index in [1.165, 1.54) is 0 Å². The Morgan fingerprint density at radius 3 is 2.29 bits per heavy atom. The Labute approximate surface area is 257 Å². The largest absolute Gasteiger partial charge is 0.477 e. The molecular formula is C27H34Cl2N6O6S. The van der Waals surface area contributed by atoms with E-state index >= 15 is 0 Å². The predicted octanol–water partition coefficient (Wildman–Crippen LogP) is 3.71. The second-order valence-electron chi connectivity index (χ2n) is 12.0. The van der Waals surface area contributed by atoms with Crippen molar-refractivity contribution in [2.24, 2.45) is 11.8 Å². The minimum Gasteiger partial charge on any atom is -0.477 e. The van der Waals surface area contributed by atoms with Crippen molar-refractivity contribution < 1.29 is 29.0 Å². The molecule has 3 fully saturated rings. The number of carbonyl (C=O) groups excluding carboxylic acids is 3. The van der Waals surface area contributed by atoms with E-state index in [4.69, 9.17) is 27.9 Å². The van der Waals surface area contributed by atoms with Crippen LogP contribution in [0.25, 0.3) is 0 Å². The number of H-pyrrole nitrogens is 1. The Hall–Kier alpha value is -3.03. The van der Waals surface area contributed by atoms with Gasteiger partial charge in [-0.3, -0.25) is 9.59 Å². The molecule has 4 N–H and O–H groups in total. The van der Waals surface area contributed by atoms with Gasteiger partial charge in [-0.2, -0.15) is 0 Å². The SMILES string of the molecule is Cc1[nH]c(C(=O)NC2[C@H]3CN(c4nc(CC(=O)N5CCC(NC(=O)OC(C)(C)C)CC5)c(C(=O)O)s4)C[C@@H]23)c(Cl)c1Cl. The van der Waals surface area contributed by atoms with Gasteiger partial charge in [0.05, 0.1) is 22.2 Å². The lowest BCUT2D eigenvalue weighted by Crippen LogP contribution is -2.48. The highest BCUT2D eigenvalue weighted by Gasteiger charge is 2.57. The minimum absolute atomic E-state index is 0.0140. The van der Waals surface area contributed by atoms with Gasteiger partial charge < -0.3 is 35.3 Å². The Kier molecular flexibility index (Phi) is 8.38. The maximum absolute atomic E-state index is 13.1. The molecule has 12 nitrogen and oxygen atoms in total. The number of carbonyl (C=O) groups is 4. The van der Waals surface area contributed by atoms with E-state index in [1.807, 2.05) is 4.90 Å². The molecule has 2 aliphatic heterocycles. The number of ether oxygens (including phenoxy) is 1. The fourth-order valence-electron chi connectivity index (χ4n) is 5.61. The summed E-state index contributed by atoms with van der Waals surface area (Å²) in [6.07, 6.45) is 0.568. The van der Waals surface area contributed by atoms with E-state index in [9.17, 15) is 24.3 Å². The zero-order valence-corrected chi connectivity index (χ0v) is 26.1. The maximum atomic E-state index is 13.1. The van der Waals surface area contributed by atoms with E-state index in [0.717, 1.165) is 11.3 Å². The number of halogens is 2. The Morgan fingerprint density at radius 2 is 1.74 bits per heavy atom. The molecule has 0 spiro atoms. The number of aromatic nitrogens is 2. The number of rotatable bonds is 7. The summed E-state index contributed by atoms with van der Waals surface area (Å²) in [4.78, 5) is 61.1. The summed E-state index contributed by atoms with van der Waals surface area (Å²) in [6.45, 7) is 9.26. The molecule has 2 aromatic rings. The number of thiazole rings is 1. The first-order valence-electron chi connectivity index (χ1n) is 13.8. The Bertz CT molecular complexity index is 1400.